The van der Waals surface area contributed by atoms with E-state index in [1.807, 2.05) is 0 Å². The largest absolute Gasteiger partial charge is 0.379 e. The summed E-state index contributed by atoms with van der Waals surface area (Å²) in [6, 6.07) is 0.819. The third kappa shape index (κ3) is 3.88. The first-order valence-electron chi connectivity index (χ1n) is 5.31. The molecule has 0 aliphatic carbocycles. The van der Waals surface area contributed by atoms with Crippen LogP contribution in [0.1, 0.15) is 26.2 Å². The molecule has 0 aromatic rings. The number of nitrogens with zero attached hydrogens (tertiary/aromatic N) is 1. The molecule has 1 aliphatic rings. The number of likely N-dealkylation sites (tertiary alicyclic amines) is 1. The molecule has 0 radical (unpaired) electrons. The van der Waals surface area contributed by atoms with Crippen LogP contribution in [0.2, 0.25) is 0 Å². The molecule has 0 spiro atoms. The van der Waals surface area contributed by atoms with Gasteiger partial charge in [-0.15, -0.1) is 0 Å². The average molecular weight is 203 g/mol. The third-order valence-corrected chi connectivity index (χ3v) is 2.91. The first-order chi connectivity index (χ1) is 6.38. The molecule has 1 atom stereocenters. The van der Waals surface area contributed by atoms with E-state index >= 15 is 0 Å². The molecule has 0 aromatic carbocycles. The Labute approximate surface area is 87.0 Å². The van der Waals surface area contributed by atoms with Crippen molar-refractivity contribution in [3.05, 3.63) is 0 Å². The highest BCUT2D eigenvalue weighted by atomic mass is 32.1. The van der Waals surface area contributed by atoms with Gasteiger partial charge in [-0.05, 0) is 25.8 Å². The first-order valence-corrected chi connectivity index (χ1v) is 5.94. The normalized spacial score (nSPS) is 24.0. The molecule has 3 heteroatoms. The minimum absolute atomic E-state index is 0.785. The second-order valence-electron chi connectivity index (χ2n) is 3.58. The van der Waals surface area contributed by atoms with Crippen molar-refractivity contribution in [3.63, 3.8) is 0 Å². The van der Waals surface area contributed by atoms with Gasteiger partial charge in [0.15, 0.2) is 0 Å². The van der Waals surface area contributed by atoms with Gasteiger partial charge in [0.2, 0.25) is 0 Å². The molecule has 1 aliphatic heterocycles. The zero-order valence-electron chi connectivity index (χ0n) is 8.54. The highest BCUT2D eigenvalue weighted by molar-refractivity contribution is 7.80. The fourth-order valence-corrected chi connectivity index (χ4v) is 2.13. The second kappa shape index (κ2) is 6.68. The monoisotopic (exact) mass is 203 g/mol. The Balaban J connectivity index is 2.06. The van der Waals surface area contributed by atoms with Crippen molar-refractivity contribution in [2.75, 3.05) is 32.1 Å². The van der Waals surface area contributed by atoms with E-state index in [-0.39, 0.29) is 0 Å². The molecule has 0 N–H and O–H groups in total. The second-order valence-corrected chi connectivity index (χ2v) is 4.02. The molecule has 1 saturated heterocycles. The molecule has 1 rings (SSSR count). The molecule has 0 bridgehead atoms. The fraction of sp³-hybridized carbons (Fsp3) is 1.00. The molecule has 0 amide bonds. The summed E-state index contributed by atoms with van der Waals surface area (Å²) in [6.07, 6.45) is 4.03. The van der Waals surface area contributed by atoms with Gasteiger partial charge in [0.25, 0.3) is 0 Å². The molecular formula is C10H21NOS. The molecule has 1 heterocycles. The van der Waals surface area contributed by atoms with Gasteiger partial charge in [-0.2, -0.15) is 12.6 Å². The maximum Gasteiger partial charge on any atom is 0.0593 e. The van der Waals surface area contributed by atoms with Crippen molar-refractivity contribution in [3.8, 4) is 0 Å². The Morgan fingerprint density at radius 3 is 3.00 bits per heavy atom. The van der Waals surface area contributed by atoms with Crippen LogP contribution in [0.25, 0.3) is 0 Å². The summed E-state index contributed by atoms with van der Waals surface area (Å²) < 4.78 is 5.42. The van der Waals surface area contributed by atoms with E-state index in [9.17, 15) is 0 Å². The summed E-state index contributed by atoms with van der Waals surface area (Å²) in [7, 11) is 0. The summed E-state index contributed by atoms with van der Waals surface area (Å²) in [5, 5.41) is 0. The molecule has 0 aromatic heterocycles. The fourth-order valence-electron chi connectivity index (χ4n) is 2.00. The van der Waals surface area contributed by atoms with E-state index in [0.717, 1.165) is 31.6 Å². The van der Waals surface area contributed by atoms with Gasteiger partial charge in [-0.25, -0.2) is 0 Å². The van der Waals surface area contributed by atoms with Crippen molar-refractivity contribution in [2.45, 2.75) is 32.2 Å². The van der Waals surface area contributed by atoms with Gasteiger partial charge in [0, 0.05) is 18.3 Å². The van der Waals surface area contributed by atoms with Crippen LogP contribution in [0.15, 0.2) is 0 Å². The lowest BCUT2D eigenvalue weighted by molar-refractivity contribution is 0.110. The lowest BCUT2D eigenvalue weighted by atomic mass is 10.2. The standard InChI is InChI=1S/C10H21NOS/c1-2-10-4-3-5-11(10)6-7-12-8-9-13/h10,13H,2-9H2,1H3. The van der Waals surface area contributed by atoms with Gasteiger partial charge in [0.1, 0.15) is 0 Å². The van der Waals surface area contributed by atoms with Gasteiger partial charge < -0.3 is 4.74 Å². The number of hydrogen-bond donors (Lipinski definition) is 1. The van der Waals surface area contributed by atoms with Gasteiger partial charge in [0.05, 0.1) is 13.2 Å². The van der Waals surface area contributed by atoms with Crippen LogP contribution < -0.4 is 0 Å². The van der Waals surface area contributed by atoms with Crippen molar-refractivity contribution >= 4 is 12.6 Å². The molecule has 2 nitrogen and oxygen atoms in total. The zero-order chi connectivity index (χ0) is 9.52. The lowest BCUT2D eigenvalue weighted by Gasteiger charge is -2.22. The number of hydrogen-bond acceptors (Lipinski definition) is 3. The maximum atomic E-state index is 5.42. The van der Waals surface area contributed by atoms with Crippen LogP contribution in [0.3, 0.4) is 0 Å². The highest BCUT2D eigenvalue weighted by Crippen LogP contribution is 2.18. The smallest absolute Gasteiger partial charge is 0.0593 e. The molecule has 1 fully saturated rings. The number of ether oxygens (including phenoxy) is 1. The Hall–Kier alpha value is 0.270. The summed E-state index contributed by atoms with van der Waals surface area (Å²) >= 11 is 4.10. The van der Waals surface area contributed by atoms with Crippen LogP contribution in [0, 0.1) is 0 Å². The van der Waals surface area contributed by atoms with E-state index in [0.29, 0.717) is 0 Å². The summed E-state index contributed by atoms with van der Waals surface area (Å²) in [5.41, 5.74) is 0. The molecular weight excluding hydrogens is 182 g/mol. The van der Waals surface area contributed by atoms with E-state index in [2.05, 4.69) is 24.5 Å². The average Bonchev–Trinajstić information content (AvgIpc) is 2.60. The van der Waals surface area contributed by atoms with Gasteiger partial charge in [-0.1, -0.05) is 6.92 Å². The third-order valence-electron chi connectivity index (χ3n) is 2.73. The number of rotatable bonds is 6. The van der Waals surface area contributed by atoms with Crippen molar-refractivity contribution in [2.24, 2.45) is 0 Å². The minimum Gasteiger partial charge on any atom is -0.379 e. The van der Waals surface area contributed by atoms with Crippen LogP contribution in [0.5, 0.6) is 0 Å². The summed E-state index contributed by atoms with van der Waals surface area (Å²) in [5.74, 6) is 0.831. The minimum atomic E-state index is 0.785. The predicted octanol–water partition coefficient (Wildman–Crippen LogP) is 1.81. The lowest BCUT2D eigenvalue weighted by Crippen LogP contribution is -2.32. The topological polar surface area (TPSA) is 12.5 Å². The van der Waals surface area contributed by atoms with Crippen LogP contribution in [0.4, 0.5) is 0 Å². The SMILES string of the molecule is CCC1CCCN1CCOCCS. The van der Waals surface area contributed by atoms with Crippen LogP contribution in [-0.4, -0.2) is 43.0 Å². The molecule has 78 valence electrons. The van der Waals surface area contributed by atoms with Crippen molar-refractivity contribution in [1.29, 1.82) is 0 Å². The van der Waals surface area contributed by atoms with E-state index in [1.54, 1.807) is 0 Å². The van der Waals surface area contributed by atoms with Gasteiger partial charge >= 0.3 is 0 Å². The van der Waals surface area contributed by atoms with E-state index in [1.165, 1.54) is 25.8 Å². The quantitative estimate of drug-likeness (QED) is 0.522. The zero-order valence-corrected chi connectivity index (χ0v) is 9.43. The highest BCUT2D eigenvalue weighted by Gasteiger charge is 2.21. The predicted molar refractivity (Wildman–Crippen MR) is 59.6 cm³/mol. The summed E-state index contributed by atoms with van der Waals surface area (Å²) in [4.78, 5) is 2.55. The summed E-state index contributed by atoms with van der Waals surface area (Å²) in [6.45, 7) is 6.30. The Morgan fingerprint density at radius 1 is 1.46 bits per heavy atom. The first kappa shape index (κ1) is 11.3. The Bertz CT molecular complexity index is 132. The van der Waals surface area contributed by atoms with Crippen LogP contribution in [-0.2, 0) is 4.74 Å². The van der Waals surface area contributed by atoms with Gasteiger partial charge in [-0.3, -0.25) is 4.90 Å². The molecule has 13 heavy (non-hydrogen) atoms. The van der Waals surface area contributed by atoms with E-state index in [4.69, 9.17) is 4.74 Å². The number of thiol groups is 1. The maximum absolute atomic E-state index is 5.42. The van der Waals surface area contributed by atoms with Crippen molar-refractivity contribution in [1.82, 2.24) is 4.90 Å². The van der Waals surface area contributed by atoms with Crippen LogP contribution >= 0.6 is 12.6 Å². The van der Waals surface area contributed by atoms with Crippen molar-refractivity contribution < 1.29 is 4.74 Å². The molecule has 0 saturated carbocycles. The Kier molecular flexibility index (Phi) is 5.83. The Morgan fingerprint density at radius 2 is 2.31 bits per heavy atom. The molecule has 1 unspecified atom stereocenters. The van der Waals surface area contributed by atoms with E-state index < -0.39 is 0 Å².